The van der Waals surface area contributed by atoms with Gasteiger partial charge in [0.2, 0.25) is 0 Å². The predicted molar refractivity (Wildman–Crippen MR) is 397 cm³/mol. The summed E-state index contributed by atoms with van der Waals surface area (Å²) in [7, 11) is 236. The summed E-state index contributed by atoms with van der Waals surface area (Å²) in [6.07, 6.45) is -50.2. The lowest BCUT2D eigenvalue weighted by molar-refractivity contribution is 3.15. The average Bonchev–Trinajstić information content (AvgIpc) is 3.12. The van der Waals surface area contributed by atoms with Gasteiger partial charge in [0.15, 0.2) is 0 Å². The first-order valence-electron chi connectivity index (χ1n) is 22.7. The van der Waals surface area contributed by atoms with Crippen LogP contribution >= 0.6 is 0 Å². The van der Waals surface area contributed by atoms with E-state index in [0.717, 1.165) is 7.06 Å². The summed E-state index contributed by atoms with van der Waals surface area (Å²) in [4.78, 5) is 0. The Labute approximate surface area is 484 Å². The van der Waals surface area contributed by atoms with Crippen molar-refractivity contribution >= 4 is 489 Å². The van der Waals surface area contributed by atoms with Gasteiger partial charge in [0.1, 0.15) is 0 Å². The molecule has 0 aliphatic heterocycles. The molecular weight excluding hydrogens is 746 g/mol. The van der Waals surface area contributed by atoms with Gasteiger partial charge in [0.25, 0.3) is 0 Å². The zero-order chi connectivity index (χ0) is 54.8. The second-order valence-electron chi connectivity index (χ2n) is 19.2. The first-order chi connectivity index (χ1) is 31.4. The Kier molecular flexibility index (Phi) is 36.1. The molecule has 0 aliphatic rings. The first-order valence-corrected chi connectivity index (χ1v) is 22.7. The molecule has 0 aromatic carbocycles. The third-order valence-corrected chi connectivity index (χ3v) is 14.4. The van der Waals surface area contributed by atoms with Crippen LogP contribution < -0.4 is 0 Å². The standard InChI is InChI=1S/B69/c1-36-54(37(2)3)63(55(38(4)5)39(6)7)67(62(52(32)33)53(34)35)69(66(60(48(24)25)49(26)27)61(50(28)29)51(30)31)68(64(56(40(8)9)41(10)11)57(42(12)13)43(14)15)65(58(44(16)17)45(18)19)59(46(20)21)47(22)23/q-3. The maximum absolute atomic E-state index is 6.82. The van der Waals surface area contributed by atoms with Gasteiger partial charge in [-0.15, -0.1) is 6.39 Å². The van der Waals surface area contributed by atoms with Gasteiger partial charge in [-0.25, -0.2) is 0 Å². The van der Waals surface area contributed by atoms with Crippen LogP contribution in [0.15, 0.2) is 0 Å². The summed E-state index contributed by atoms with van der Waals surface area (Å²) in [5.41, 5.74) is 0. The summed E-state index contributed by atoms with van der Waals surface area (Å²) in [6.45, 7) is 0. The fourth-order valence-corrected chi connectivity index (χ4v) is 12.1. The second kappa shape index (κ2) is 33.9. The molecular formula is B69-3. The van der Waals surface area contributed by atoms with Gasteiger partial charge in [0, 0.05) is 0 Å². The molecule has 0 bridgehead atoms. The fraction of sp³-hybridized carbons (Fsp3) is 0. The second-order valence-corrected chi connectivity index (χ2v) is 19.2. The van der Waals surface area contributed by atoms with Crippen LogP contribution in [0.4, 0.5) is 0 Å². The van der Waals surface area contributed by atoms with Crippen molar-refractivity contribution in [3.8, 4) is 0 Å². The van der Waals surface area contributed by atoms with Crippen molar-refractivity contribution in [1.29, 1.82) is 0 Å². The Morgan fingerprint density at radius 2 is 0.275 bits per heavy atom. The number of hydrogen-bond donors (Lipinski definition) is 0. The lowest BCUT2D eigenvalue weighted by Gasteiger charge is -2.62. The van der Waals surface area contributed by atoms with E-state index in [4.69, 9.17) is 271 Å². The van der Waals surface area contributed by atoms with E-state index in [1.807, 2.05) is 0 Å². The Morgan fingerprint density at radius 1 is 0.174 bits per heavy atom. The van der Waals surface area contributed by atoms with Crippen molar-refractivity contribution in [2.75, 3.05) is 0 Å². The molecule has 0 aromatic rings. The van der Waals surface area contributed by atoms with Crippen LogP contribution in [-0.2, 0) is 0 Å². The van der Waals surface area contributed by atoms with E-state index in [0.29, 0.717) is 0 Å². The van der Waals surface area contributed by atoms with Gasteiger partial charge >= 0.3 is 0 Å². The molecule has 69 heteroatoms. The molecule has 0 saturated heterocycles. The van der Waals surface area contributed by atoms with E-state index >= 15 is 0 Å². The maximum atomic E-state index is 6.82. The molecule has 0 fully saturated rings. The van der Waals surface area contributed by atoms with E-state index in [1.165, 1.54) is 0 Å². The molecule has 0 unspecified atom stereocenters. The van der Waals surface area contributed by atoms with Crippen LogP contribution in [0, 0.1) is 0 Å². The van der Waals surface area contributed by atoms with E-state index in [1.54, 1.807) is 0 Å². The van der Waals surface area contributed by atoms with Crippen LogP contribution in [0.1, 0.15) is 0 Å². The highest BCUT2D eigenvalue weighted by Gasteiger charge is 2.63. The Balaban J connectivity index is 11.6. The molecule has 0 saturated carbocycles. The lowest BCUT2D eigenvalue weighted by Crippen LogP contribution is -2.98. The van der Waals surface area contributed by atoms with Gasteiger partial charge in [-0.05, 0) is 446 Å². The SMILES string of the molecule is [B]B([B])B(B([B])[B])B(B([B][B-])B([B-])[B-])B(B(B([B])[B])B([B])[B])B(B(B(B([B])[B])B([B])[B])B(B([B])[B])B([B])[B])B(B(B(B([B])[B])B([B])[B])B(B([B])[B])B([B])[B])B(B(B([B])[B])B([B])[B])B(B([B])[B])B([B])[B]. The zero-order valence-corrected chi connectivity index (χ0v) is 39.8. The van der Waals surface area contributed by atoms with Crippen molar-refractivity contribution < 1.29 is 0 Å². The molecule has 0 heterocycles. The normalized spacial score (nSPS) is 9.78. The largest absolute Gasteiger partial charge is 0.729 e. The maximum Gasteiger partial charge on any atom is -0.000000000000000000104 e. The van der Waals surface area contributed by atoms with Crippen LogP contribution in [0.2, 0.25) is 0 Å². The summed E-state index contributed by atoms with van der Waals surface area (Å²) in [5.74, 6) is 0. The molecule has 210 valence electrons. The zero-order valence-electron chi connectivity index (χ0n) is 39.8. The molecule has 0 nitrogen and oxygen atoms in total. The Morgan fingerprint density at radius 3 is 0.377 bits per heavy atom. The van der Waals surface area contributed by atoms with Gasteiger partial charge in [-0.3, -0.25) is 7.06 Å². The predicted octanol–water partition coefficient (Wildman–Crippen LogP) is -26.3. The first kappa shape index (κ1) is 73.5. The van der Waals surface area contributed by atoms with Crippen LogP contribution in [0.25, 0.3) is 0 Å². The van der Waals surface area contributed by atoms with E-state index in [2.05, 4.69) is 0 Å². The lowest BCUT2D eigenvalue weighted by atomic mass is 8.21. The average molecular weight is 746 g/mol. The quantitative estimate of drug-likeness (QED) is 0.0587. The topological polar surface area (TPSA) is 0 Å². The number of rotatable bonds is 33. The summed E-state index contributed by atoms with van der Waals surface area (Å²) in [5, 5.41) is 0. The van der Waals surface area contributed by atoms with Crippen molar-refractivity contribution in [1.82, 2.24) is 0 Å². The minimum Gasteiger partial charge on any atom is -0.729 e. The Bertz CT molecular complexity index is 1130. The smallest absolute Gasteiger partial charge is 0.000000000000000000104 e. The molecule has 0 rings (SSSR count). The van der Waals surface area contributed by atoms with Gasteiger partial charge in [0.05, 0.1) is 0 Å². The van der Waals surface area contributed by atoms with Crippen molar-refractivity contribution in [2.24, 2.45) is 0 Å². The monoisotopic (exact) mass is 760 g/mol. The van der Waals surface area contributed by atoms with Crippen LogP contribution in [0.3, 0.4) is 0 Å². The summed E-state index contributed by atoms with van der Waals surface area (Å²) < 4.78 is 0. The highest BCUT2D eigenvalue weighted by Crippen LogP contribution is 2.26. The third-order valence-electron chi connectivity index (χ3n) is 14.4. The molecule has 0 aromatic heterocycles. The van der Waals surface area contributed by atoms with Crippen molar-refractivity contribution in [3.05, 3.63) is 0 Å². The fourth-order valence-electron chi connectivity index (χ4n) is 12.1. The van der Waals surface area contributed by atoms with E-state index in [-0.39, 0.29) is 0 Å². The highest BCUT2D eigenvalue weighted by atomic mass is 13.5. The Hall–Kier alpha value is 4.48. The van der Waals surface area contributed by atoms with Gasteiger partial charge < -0.3 is 29.6 Å². The molecule has 0 aliphatic carbocycles. The summed E-state index contributed by atoms with van der Waals surface area (Å²) >= 11 is 0. The van der Waals surface area contributed by atoms with Crippen molar-refractivity contribution in [3.63, 3.8) is 0 Å². The van der Waals surface area contributed by atoms with E-state index < -0.39 is 211 Å². The third kappa shape index (κ3) is 19.9. The number of hydrogen-bond acceptors (Lipinski definition) is 0. The van der Waals surface area contributed by atoms with Crippen molar-refractivity contribution in [2.45, 2.75) is 0 Å². The molecule has 69 heavy (non-hydrogen) atoms. The molecule has 0 atom stereocenters. The molecule has 74 radical (unpaired) electrons. The summed E-state index contributed by atoms with van der Waals surface area (Å²) in [6, 6.07) is 0. The van der Waals surface area contributed by atoms with Crippen LogP contribution in [-0.4, -0.2) is 489 Å². The molecule has 0 amide bonds. The van der Waals surface area contributed by atoms with Crippen LogP contribution in [0.5, 0.6) is 0 Å². The highest BCUT2D eigenvalue weighted by molar-refractivity contribution is 8.39. The molecule has 0 spiro atoms. The van der Waals surface area contributed by atoms with Gasteiger partial charge in [-0.1, -0.05) is 0 Å². The minimum atomic E-state index is -1.68. The van der Waals surface area contributed by atoms with E-state index in [9.17, 15) is 0 Å². The van der Waals surface area contributed by atoms with Gasteiger partial charge in [-0.2, -0.15) is 0 Å². The molecule has 0 N–H and O–H groups in total. The minimum absolute atomic E-state index is 1.13.